The first-order valence-corrected chi connectivity index (χ1v) is 11.4. The summed E-state index contributed by atoms with van der Waals surface area (Å²) in [5.74, 6) is -0.0922. The van der Waals surface area contributed by atoms with Crippen molar-refractivity contribution < 1.29 is 8.42 Å². The van der Waals surface area contributed by atoms with E-state index >= 15 is 0 Å². The fourth-order valence-corrected chi connectivity index (χ4v) is 4.37. The molecule has 0 aliphatic heterocycles. The highest BCUT2D eigenvalue weighted by Crippen LogP contribution is 2.30. The van der Waals surface area contributed by atoms with E-state index in [4.69, 9.17) is 0 Å². The second-order valence-corrected chi connectivity index (χ2v) is 9.49. The summed E-state index contributed by atoms with van der Waals surface area (Å²) in [6, 6.07) is 16.2. The van der Waals surface area contributed by atoms with Gasteiger partial charge in [0.05, 0.1) is 10.6 Å². The molecule has 0 spiro atoms. The van der Waals surface area contributed by atoms with E-state index in [1.807, 2.05) is 38.1 Å². The van der Waals surface area contributed by atoms with Crippen molar-refractivity contribution in [2.45, 2.75) is 24.7 Å². The van der Waals surface area contributed by atoms with Gasteiger partial charge in [-0.05, 0) is 42.3 Å². The predicted octanol–water partition coefficient (Wildman–Crippen LogP) is 3.26. The Morgan fingerprint density at radius 3 is 2.41 bits per heavy atom. The largest absolute Gasteiger partial charge is 0.295 e. The Balaban J connectivity index is 1.88. The number of nitriles is 1. The molecule has 2 N–H and O–H groups in total. The van der Waals surface area contributed by atoms with E-state index in [9.17, 15) is 18.5 Å². The van der Waals surface area contributed by atoms with E-state index < -0.39 is 10.0 Å². The van der Waals surface area contributed by atoms with Gasteiger partial charge in [-0.15, -0.1) is 0 Å². The Bertz CT molecular complexity index is 1520. The zero-order chi connectivity index (χ0) is 23.0. The number of hydrogen-bond donors (Lipinski definition) is 2. The number of benzene rings is 2. The summed E-state index contributed by atoms with van der Waals surface area (Å²) in [4.78, 5) is 18.0. The zero-order valence-corrected chi connectivity index (χ0v) is 18.6. The second kappa shape index (κ2) is 8.07. The van der Waals surface area contributed by atoms with Gasteiger partial charge in [-0.25, -0.2) is 22.6 Å². The van der Waals surface area contributed by atoms with Crippen LogP contribution in [0.1, 0.15) is 30.9 Å². The van der Waals surface area contributed by atoms with E-state index in [0.717, 1.165) is 16.7 Å². The first kappa shape index (κ1) is 21.5. The Labute approximate surface area is 185 Å². The quantitative estimate of drug-likeness (QED) is 0.487. The molecule has 9 heteroatoms. The van der Waals surface area contributed by atoms with Crippen molar-refractivity contribution in [2.24, 2.45) is 0 Å². The van der Waals surface area contributed by atoms with Crippen molar-refractivity contribution in [1.82, 2.24) is 19.3 Å². The summed E-state index contributed by atoms with van der Waals surface area (Å²) in [5, 5.41) is 12.2. The number of hydrogen-bond acceptors (Lipinski definition) is 5. The Morgan fingerprint density at radius 1 is 1.09 bits per heavy atom. The number of aromatic amines is 1. The predicted molar refractivity (Wildman–Crippen MR) is 122 cm³/mol. The molecule has 0 bridgehead atoms. The lowest BCUT2D eigenvalue weighted by atomic mass is 9.95. The van der Waals surface area contributed by atoms with Crippen molar-refractivity contribution in [3.8, 4) is 28.5 Å². The van der Waals surface area contributed by atoms with Gasteiger partial charge in [0.15, 0.2) is 5.65 Å². The van der Waals surface area contributed by atoms with Crippen molar-refractivity contribution in [2.75, 3.05) is 7.05 Å². The third kappa shape index (κ3) is 3.60. The van der Waals surface area contributed by atoms with E-state index in [0.29, 0.717) is 11.3 Å². The molecule has 0 unspecified atom stereocenters. The van der Waals surface area contributed by atoms with Gasteiger partial charge in [-0.1, -0.05) is 44.2 Å². The van der Waals surface area contributed by atoms with Gasteiger partial charge in [-0.3, -0.25) is 9.89 Å². The Morgan fingerprint density at radius 2 is 1.78 bits per heavy atom. The zero-order valence-electron chi connectivity index (χ0n) is 17.7. The van der Waals surface area contributed by atoms with Crippen LogP contribution < -0.4 is 10.3 Å². The number of sulfonamides is 1. The number of nitrogens with one attached hydrogen (secondary N) is 2. The molecule has 0 aliphatic rings. The monoisotopic (exact) mass is 447 g/mol. The highest BCUT2D eigenvalue weighted by atomic mass is 32.2. The molecule has 0 saturated heterocycles. The molecule has 4 aromatic rings. The van der Waals surface area contributed by atoms with Gasteiger partial charge < -0.3 is 0 Å². The van der Waals surface area contributed by atoms with Crippen LogP contribution in [0.15, 0.2) is 64.4 Å². The normalized spacial score (nSPS) is 11.7. The van der Waals surface area contributed by atoms with Crippen LogP contribution in [0.4, 0.5) is 0 Å². The Kier molecular flexibility index (Phi) is 5.42. The second-order valence-electron chi connectivity index (χ2n) is 7.60. The smallest absolute Gasteiger partial charge is 0.276 e. The molecular formula is C23H21N5O3S. The van der Waals surface area contributed by atoms with Gasteiger partial charge in [-0.2, -0.15) is 5.26 Å². The van der Waals surface area contributed by atoms with Gasteiger partial charge in [0, 0.05) is 17.3 Å². The maximum absolute atomic E-state index is 13.1. The molecule has 0 saturated carbocycles. The number of nitrogens with zero attached hydrogens (tertiary/aromatic N) is 3. The molecule has 0 amide bonds. The van der Waals surface area contributed by atoms with E-state index in [-0.39, 0.29) is 27.6 Å². The number of aromatic nitrogens is 3. The van der Waals surface area contributed by atoms with Gasteiger partial charge in [0.1, 0.15) is 11.6 Å². The number of fused-ring (bicyclic) bond motifs is 1. The number of rotatable bonds is 5. The molecular weight excluding hydrogens is 426 g/mol. The summed E-state index contributed by atoms with van der Waals surface area (Å²) in [6.07, 6.45) is 1.47. The average molecular weight is 448 g/mol. The maximum Gasteiger partial charge on any atom is 0.276 e. The van der Waals surface area contributed by atoms with Crippen molar-refractivity contribution in [1.29, 1.82) is 5.26 Å². The molecule has 4 rings (SSSR count). The van der Waals surface area contributed by atoms with Crippen LogP contribution in [0, 0.1) is 11.3 Å². The maximum atomic E-state index is 13.1. The van der Waals surface area contributed by atoms with Crippen molar-refractivity contribution >= 4 is 15.7 Å². The van der Waals surface area contributed by atoms with E-state index in [1.54, 1.807) is 24.3 Å². The Hall–Kier alpha value is -3.74. The molecule has 8 nitrogen and oxygen atoms in total. The minimum atomic E-state index is -3.52. The molecule has 0 fully saturated rings. The molecule has 2 aromatic heterocycles. The summed E-state index contributed by atoms with van der Waals surface area (Å²) in [7, 11) is -2.15. The fourth-order valence-electron chi connectivity index (χ4n) is 3.64. The SMILES string of the molecule is CNS(=O)(=O)c1ccc(-c2cccc(-c3nc4c(C#N)c[nH]n4c(=O)c3C(C)C)c2)cc1. The summed E-state index contributed by atoms with van der Waals surface area (Å²) < 4.78 is 27.6. The lowest BCUT2D eigenvalue weighted by Gasteiger charge is -2.13. The molecule has 0 radical (unpaired) electrons. The van der Waals surface area contributed by atoms with Crippen LogP contribution in [0.3, 0.4) is 0 Å². The van der Waals surface area contributed by atoms with Crippen molar-refractivity contribution in [3.63, 3.8) is 0 Å². The van der Waals surface area contributed by atoms with Gasteiger partial charge >= 0.3 is 0 Å². The molecule has 2 heterocycles. The third-order valence-electron chi connectivity index (χ3n) is 5.30. The highest BCUT2D eigenvalue weighted by molar-refractivity contribution is 7.89. The molecule has 0 aliphatic carbocycles. The van der Waals surface area contributed by atoms with Gasteiger partial charge in [0.25, 0.3) is 5.56 Å². The van der Waals surface area contributed by atoms with Crippen LogP contribution >= 0.6 is 0 Å². The van der Waals surface area contributed by atoms with E-state index in [2.05, 4.69) is 20.9 Å². The van der Waals surface area contributed by atoms with Crippen LogP contribution in [0.5, 0.6) is 0 Å². The van der Waals surface area contributed by atoms with Crippen LogP contribution in [0.25, 0.3) is 28.0 Å². The van der Waals surface area contributed by atoms with Crippen molar-refractivity contribution in [3.05, 3.63) is 76.2 Å². The molecule has 32 heavy (non-hydrogen) atoms. The molecule has 2 aromatic carbocycles. The standard InChI is InChI=1S/C23H21N5O3S/c1-14(2)20-21(27-22-18(12-24)13-26-28(22)23(20)29)17-6-4-5-16(11-17)15-7-9-19(10-8-15)32(30,31)25-3/h4-11,13-14,25-26H,1-3H3. The van der Waals surface area contributed by atoms with Crippen LogP contribution in [-0.4, -0.2) is 30.1 Å². The lowest BCUT2D eigenvalue weighted by Crippen LogP contribution is -2.22. The average Bonchev–Trinajstić information content (AvgIpc) is 3.22. The van der Waals surface area contributed by atoms with E-state index in [1.165, 1.54) is 17.8 Å². The first-order chi connectivity index (χ1) is 15.3. The number of H-pyrrole nitrogens is 1. The van der Waals surface area contributed by atoms with Gasteiger partial charge in [0.2, 0.25) is 10.0 Å². The summed E-state index contributed by atoms with van der Waals surface area (Å²) in [6.45, 7) is 3.85. The lowest BCUT2D eigenvalue weighted by molar-refractivity contribution is 0.588. The fraction of sp³-hybridized carbons (Fsp3) is 0.174. The third-order valence-corrected chi connectivity index (χ3v) is 6.73. The minimum Gasteiger partial charge on any atom is -0.295 e. The highest BCUT2D eigenvalue weighted by Gasteiger charge is 2.20. The van der Waals surface area contributed by atoms with Crippen LogP contribution in [0.2, 0.25) is 0 Å². The van der Waals surface area contributed by atoms with Crippen LogP contribution in [-0.2, 0) is 10.0 Å². The topological polar surface area (TPSA) is 120 Å². The molecule has 0 atom stereocenters. The minimum absolute atomic E-state index is 0.0922. The molecule has 162 valence electrons. The summed E-state index contributed by atoms with van der Waals surface area (Å²) >= 11 is 0. The summed E-state index contributed by atoms with van der Waals surface area (Å²) in [5.41, 5.74) is 3.81. The first-order valence-electron chi connectivity index (χ1n) is 9.95.